The Labute approximate surface area is 125 Å². The second-order valence-electron chi connectivity index (χ2n) is 4.20. The molecule has 0 spiro atoms. The van der Waals surface area contributed by atoms with Gasteiger partial charge in [-0.2, -0.15) is 0 Å². The summed E-state index contributed by atoms with van der Waals surface area (Å²) in [6, 6.07) is 10.7. The lowest BCUT2D eigenvalue weighted by atomic mass is 10.2. The van der Waals surface area contributed by atoms with E-state index in [2.05, 4.69) is 10.6 Å². The van der Waals surface area contributed by atoms with Crippen molar-refractivity contribution in [3.05, 3.63) is 63.2 Å². The van der Waals surface area contributed by atoms with Gasteiger partial charge < -0.3 is 10.6 Å². The van der Waals surface area contributed by atoms with Crippen molar-refractivity contribution in [2.24, 2.45) is 0 Å². The molecule has 0 atom stereocenters. The zero-order chi connectivity index (χ0) is 15.4. The fourth-order valence-electron chi connectivity index (χ4n) is 1.71. The smallest absolute Gasteiger partial charge is 0.271 e. The molecule has 0 aliphatic rings. The molecule has 21 heavy (non-hydrogen) atoms. The Morgan fingerprint density at radius 3 is 2.43 bits per heavy atom. The van der Waals surface area contributed by atoms with Gasteiger partial charge in [0, 0.05) is 30.4 Å². The Morgan fingerprint density at radius 2 is 1.86 bits per heavy atom. The number of carbonyl (C=O) groups excluding carboxylic acids is 1. The molecule has 0 aliphatic heterocycles. The first-order chi connectivity index (χ1) is 10.0. The van der Waals surface area contributed by atoms with Crippen LogP contribution in [-0.4, -0.2) is 17.9 Å². The lowest BCUT2D eigenvalue weighted by Crippen LogP contribution is -2.12. The zero-order valence-corrected chi connectivity index (χ0v) is 11.8. The third-order valence-electron chi connectivity index (χ3n) is 2.84. The van der Waals surface area contributed by atoms with Crippen molar-refractivity contribution >= 4 is 34.6 Å². The highest BCUT2D eigenvalue weighted by Gasteiger charge is 2.13. The summed E-state index contributed by atoms with van der Waals surface area (Å²) < 4.78 is 0. The van der Waals surface area contributed by atoms with Gasteiger partial charge in [-0.15, -0.1) is 0 Å². The molecule has 0 unspecified atom stereocenters. The molecule has 6 nitrogen and oxygen atoms in total. The summed E-state index contributed by atoms with van der Waals surface area (Å²) in [6.07, 6.45) is 0. The van der Waals surface area contributed by atoms with E-state index in [1.165, 1.54) is 18.2 Å². The van der Waals surface area contributed by atoms with Gasteiger partial charge in [0.2, 0.25) is 0 Å². The summed E-state index contributed by atoms with van der Waals surface area (Å²) in [5, 5.41) is 16.5. The zero-order valence-electron chi connectivity index (χ0n) is 11.1. The van der Waals surface area contributed by atoms with E-state index in [1.54, 1.807) is 31.3 Å². The second kappa shape index (κ2) is 6.23. The average Bonchev–Trinajstić information content (AvgIpc) is 2.49. The first-order valence-electron chi connectivity index (χ1n) is 6.04. The van der Waals surface area contributed by atoms with Gasteiger partial charge in [-0.1, -0.05) is 11.6 Å². The Bertz CT molecular complexity index is 686. The number of non-ortho nitro benzene ring substituents is 1. The van der Waals surface area contributed by atoms with Crippen LogP contribution in [0.2, 0.25) is 5.02 Å². The molecule has 0 aromatic heterocycles. The summed E-state index contributed by atoms with van der Waals surface area (Å²) in [4.78, 5) is 22.3. The number of hydrogen-bond acceptors (Lipinski definition) is 4. The first-order valence-corrected chi connectivity index (χ1v) is 6.42. The number of nitrogens with one attached hydrogen (secondary N) is 2. The number of amides is 1. The molecule has 7 heteroatoms. The number of hydrogen-bond donors (Lipinski definition) is 2. The van der Waals surface area contributed by atoms with Crippen molar-refractivity contribution in [3.8, 4) is 0 Å². The van der Waals surface area contributed by atoms with E-state index in [0.717, 1.165) is 5.69 Å². The van der Waals surface area contributed by atoms with Crippen molar-refractivity contribution < 1.29 is 9.72 Å². The Morgan fingerprint density at radius 1 is 1.19 bits per heavy atom. The molecule has 1 amide bonds. The molecular formula is C14H12ClN3O3. The van der Waals surface area contributed by atoms with E-state index in [1.807, 2.05) is 0 Å². The molecule has 0 aliphatic carbocycles. The normalized spacial score (nSPS) is 10.0. The fraction of sp³-hybridized carbons (Fsp3) is 0.0714. The van der Waals surface area contributed by atoms with Crippen LogP contribution in [0.5, 0.6) is 0 Å². The topological polar surface area (TPSA) is 84.3 Å². The highest BCUT2D eigenvalue weighted by atomic mass is 35.5. The van der Waals surface area contributed by atoms with Gasteiger partial charge in [0.15, 0.2) is 0 Å². The van der Waals surface area contributed by atoms with Crippen molar-refractivity contribution in [1.29, 1.82) is 0 Å². The highest BCUT2D eigenvalue weighted by molar-refractivity contribution is 6.34. The minimum atomic E-state index is -0.548. The maximum Gasteiger partial charge on any atom is 0.271 e. The van der Waals surface area contributed by atoms with Crippen LogP contribution >= 0.6 is 11.6 Å². The summed E-state index contributed by atoms with van der Waals surface area (Å²) >= 11 is 5.93. The largest absolute Gasteiger partial charge is 0.388 e. The Hall–Kier alpha value is -2.60. The van der Waals surface area contributed by atoms with Crippen molar-refractivity contribution in [2.45, 2.75) is 0 Å². The monoisotopic (exact) mass is 305 g/mol. The summed E-state index contributed by atoms with van der Waals surface area (Å²) in [6.45, 7) is 0. The number of nitro benzene ring substituents is 1. The highest BCUT2D eigenvalue weighted by Crippen LogP contribution is 2.27. The van der Waals surface area contributed by atoms with Crippen LogP contribution in [-0.2, 0) is 0 Å². The SMILES string of the molecule is CNc1ccc(C(=O)Nc2cc([N+](=O)[O-])ccc2Cl)cc1. The molecule has 0 fully saturated rings. The molecule has 0 bridgehead atoms. The van der Waals surface area contributed by atoms with Crippen LogP contribution in [0.25, 0.3) is 0 Å². The van der Waals surface area contributed by atoms with Gasteiger partial charge >= 0.3 is 0 Å². The molecule has 0 heterocycles. The minimum absolute atomic E-state index is 0.139. The Balaban J connectivity index is 2.22. The van der Waals surface area contributed by atoms with Crippen LogP contribution < -0.4 is 10.6 Å². The number of halogens is 1. The van der Waals surface area contributed by atoms with Crippen LogP contribution in [0.1, 0.15) is 10.4 Å². The average molecular weight is 306 g/mol. The summed E-state index contributed by atoms with van der Waals surface area (Å²) in [7, 11) is 1.78. The van der Waals surface area contributed by atoms with Crippen LogP contribution in [0.3, 0.4) is 0 Å². The Kier molecular flexibility index (Phi) is 4.39. The number of nitro groups is 1. The fourth-order valence-corrected chi connectivity index (χ4v) is 1.87. The van der Waals surface area contributed by atoms with Crippen molar-refractivity contribution in [1.82, 2.24) is 0 Å². The minimum Gasteiger partial charge on any atom is -0.388 e. The van der Waals surface area contributed by atoms with E-state index in [9.17, 15) is 14.9 Å². The molecule has 2 aromatic carbocycles. The number of carbonyl (C=O) groups is 1. The van der Waals surface area contributed by atoms with E-state index in [-0.39, 0.29) is 22.3 Å². The quantitative estimate of drug-likeness (QED) is 0.668. The molecule has 0 radical (unpaired) electrons. The third-order valence-corrected chi connectivity index (χ3v) is 3.17. The number of benzene rings is 2. The third kappa shape index (κ3) is 3.49. The molecular weight excluding hydrogens is 294 g/mol. The molecule has 2 rings (SSSR count). The van der Waals surface area contributed by atoms with Gasteiger partial charge in [-0.3, -0.25) is 14.9 Å². The van der Waals surface area contributed by atoms with Gasteiger partial charge in [0.25, 0.3) is 11.6 Å². The first kappa shape index (κ1) is 14.8. The van der Waals surface area contributed by atoms with Gasteiger partial charge in [0.1, 0.15) is 0 Å². The van der Waals surface area contributed by atoms with Crippen LogP contribution in [0, 0.1) is 10.1 Å². The molecule has 0 saturated carbocycles. The maximum absolute atomic E-state index is 12.1. The van der Waals surface area contributed by atoms with Crippen LogP contribution in [0.4, 0.5) is 17.1 Å². The lowest BCUT2D eigenvalue weighted by molar-refractivity contribution is -0.384. The van der Waals surface area contributed by atoms with Gasteiger partial charge in [-0.05, 0) is 30.3 Å². The van der Waals surface area contributed by atoms with Gasteiger partial charge in [0.05, 0.1) is 15.6 Å². The standard InChI is InChI=1S/C14H12ClN3O3/c1-16-10-4-2-9(3-5-10)14(19)17-13-8-11(18(20)21)6-7-12(13)15/h2-8,16H,1H3,(H,17,19). The maximum atomic E-state index is 12.1. The molecule has 0 saturated heterocycles. The summed E-state index contributed by atoms with van der Waals surface area (Å²) in [5.74, 6) is -0.389. The lowest BCUT2D eigenvalue weighted by Gasteiger charge is -2.08. The number of nitrogens with zero attached hydrogens (tertiary/aromatic N) is 1. The molecule has 2 N–H and O–H groups in total. The van der Waals surface area contributed by atoms with Crippen LogP contribution in [0.15, 0.2) is 42.5 Å². The predicted molar refractivity (Wildman–Crippen MR) is 82.0 cm³/mol. The van der Waals surface area contributed by atoms with E-state index in [0.29, 0.717) is 5.56 Å². The predicted octanol–water partition coefficient (Wildman–Crippen LogP) is 3.54. The molecule has 2 aromatic rings. The second-order valence-corrected chi connectivity index (χ2v) is 4.61. The van der Waals surface area contributed by atoms with Crippen molar-refractivity contribution in [2.75, 3.05) is 17.7 Å². The molecule has 108 valence electrons. The van der Waals surface area contributed by atoms with Gasteiger partial charge in [-0.25, -0.2) is 0 Å². The van der Waals surface area contributed by atoms with E-state index < -0.39 is 4.92 Å². The number of anilines is 2. The van der Waals surface area contributed by atoms with E-state index >= 15 is 0 Å². The number of rotatable bonds is 4. The summed E-state index contributed by atoms with van der Waals surface area (Å²) in [5.41, 5.74) is 1.37. The van der Waals surface area contributed by atoms with Crippen molar-refractivity contribution in [3.63, 3.8) is 0 Å². The van der Waals surface area contributed by atoms with E-state index in [4.69, 9.17) is 11.6 Å².